The Morgan fingerprint density at radius 2 is 1.68 bits per heavy atom. The van der Waals surface area contributed by atoms with Crippen molar-refractivity contribution in [2.24, 2.45) is 11.8 Å². The molecule has 0 radical (unpaired) electrons. The second-order valence-corrected chi connectivity index (χ2v) is 7.21. The summed E-state index contributed by atoms with van der Waals surface area (Å²) in [4.78, 5) is 26.8. The van der Waals surface area contributed by atoms with Crippen molar-refractivity contribution < 1.29 is 14.3 Å². The molecule has 6 heteroatoms. The predicted molar refractivity (Wildman–Crippen MR) is 89.9 cm³/mol. The van der Waals surface area contributed by atoms with Gasteiger partial charge >= 0.3 is 0 Å². The lowest BCUT2D eigenvalue weighted by Crippen LogP contribution is -2.34. The van der Waals surface area contributed by atoms with Crippen molar-refractivity contribution in [1.29, 1.82) is 0 Å². The third kappa shape index (κ3) is 2.17. The minimum Gasteiger partial charge on any atom is -0.373 e. The van der Waals surface area contributed by atoms with E-state index in [9.17, 15) is 9.59 Å². The number of carbonyl (C=O) groups is 2. The Kier molecular flexibility index (Phi) is 3.12. The van der Waals surface area contributed by atoms with Crippen molar-refractivity contribution >= 4 is 17.6 Å². The van der Waals surface area contributed by atoms with Crippen molar-refractivity contribution in [3.63, 3.8) is 0 Å². The van der Waals surface area contributed by atoms with Gasteiger partial charge in [-0.1, -0.05) is 29.8 Å². The van der Waals surface area contributed by atoms with Gasteiger partial charge in [-0.25, -0.2) is 4.90 Å². The van der Waals surface area contributed by atoms with Crippen LogP contribution in [-0.2, 0) is 20.9 Å². The number of hydrogen-bond acceptors (Lipinski definition) is 4. The molecule has 6 nitrogen and oxygen atoms in total. The van der Waals surface area contributed by atoms with Crippen LogP contribution in [0.25, 0.3) is 0 Å². The summed E-state index contributed by atoms with van der Waals surface area (Å²) in [5.41, 5.74) is 2.34. The zero-order valence-electron chi connectivity index (χ0n) is 14.0. The number of aromatic nitrogens is 2. The summed E-state index contributed by atoms with van der Waals surface area (Å²) >= 11 is 0. The molecule has 0 saturated carbocycles. The lowest BCUT2D eigenvalue weighted by molar-refractivity contribution is -0.124. The summed E-state index contributed by atoms with van der Waals surface area (Å²) in [6.45, 7) is 2.66. The van der Waals surface area contributed by atoms with Gasteiger partial charge in [-0.2, -0.15) is 5.10 Å². The van der Waals surface area contributed by atoms with Crippen molar-refractivity contribution in [3.05, 3.63) is 47.7 Å². The topological polar surface area (TPSA) is 64.4 Å². The number of amides is 2. The van der Waals surface area contributed by atoms with Gasteiger partial charge in [0, 0.05) is 12.3 Å². The zero-order chi connectivity index (χ0) is 17.1. The fourth-order valence-corrected chi connectivity index (χ4v) is 4.38. The van der Waals surface area contributed by atoms with Crippen molar-refractivity contribution in [3.8, 4) is 0 Å². The number of aryl methyl sites for hydroxylation is 1. The Balaban J connectivity index is 1.39. The van der Waals surface area contributed by atoms with Crippen LogP contribution >= 0.6 is 0 Å². The molecule has 25 heavy (non-hydrogen) atoms. The monoisotopic (exact) mass is 337 g/mol. The van der Waals surface area contributed by atoms with E-state index in [-0.39, 0.29) is 35.9 Å². The summed E-state index contributed by atoms with van der Waals surface area (Å²) in [7, 11) is 0. The number of ether oxygens (including phenoxy) is 1. The quantitative estimate of drug-likeness (QED) is 0.803. The van der Waals surface area contributed by atoms with E-state index in [0.29, 0.717) is 12.4 Å². The van der Waals surface area contributed by atoms with E-state index in [4.69, 9.17) is 4.74 Å². The first-order valence-electron chi connectivity index (χ1n) is 8.74. The third-order valence-corrected chi connectivity index (χ3v) is 5.61. The standard InChI is InChI=1S/C19H19N3O3/c1-11-2-4-12(5-3-11)10-21-9-8-15(20-21)22-18(23)16-13-6-7-14(25-13)17(16)19(22)24/h2-5,8-9,13-14,16-17H,6-7,10H2,1H3/t13-,14+,16-,17+. The average molecular weight is 337 g/mol. The fraction of sp³-hybridized carbons (Fsp3) is 0.421. The van der Waals surface area contributed by atoms with Gasteiger partial charge in [0.25, 0.3) is 0 Å². The lowest BCUT2D eigenvalue weighted by atomic mass is 9.81. The molecule has 128 valence electrons. The van der Waals surface area contributed by atoms with Crippen LogP contribution in [0.2, 0.25) is 0 Å². The minimum atomic E-state index is -0.312. The summed E-state index contributed by atoms with van der Waals surface area (Å²) < 4.78 is 7.53. The van der Waals surface area contributed by atoms with Crippen LogP contribution in [0.1, 0.15) is 24.0 Å². The van der Waals surface area contributed by atoms with Crippen LogP contribution in [0.4, 0.5) is 5.82 Å². The summed E-state index contributed by atoms with van der Waals surface area (Å²) in [6.07, 6.45) is 3.38. The SMILES string of the molecule is Cc1ccc(Cn2ccc(N3C(=O)[C@@H]4[C@H](C3=O)[C@H]3CC[C@@H]4O3)n2)cc1. The van der Waals surface area contributed by atoms with Crippen LogP contribution in [0.3, 0.4) is 0 Å². The highest BCUT2D eigenvalue weighted by atomic mass is 16.5. The van der Waals surface area contributed by atoms with E-state index in [2.05, 4.69) is 29.4 Å². The van der Waals surface area contributed by atoms with E-state index < -0.39 is 0 Å². The number of anilines is 1. The van der Waals surface area contributed by atoms with Crippen LogP contribution in [0, 0.1) is 18.8 Å². The Bertz CT molecular complexity index is 829. The second-order valence-electron chi connectivity index (χ2n) is 7.21. The molecule has 1 aromatic carbocycles. The number of carbonyl (C=O) groups excluding carboxylic acids is 2. The molecular formula is C19H19N3O3. The number of hydrogen-bond donors (Lipinski definition) is 0. The molecule has 3 aliphatic rings. The highest BCUT2D eigenvalue weighted by Crippen LogP contribution is 2.49. The first-order valence-corrected chi connectivity index (χ1v) is 8.74. The Hall–Kier alpha value is -2.47. The van der Waals surface area contributed by atoms with E-state index in [1.165, 1.54) is 10.5 Å². The molecule has 0 aliphatic carbocycles. The van der Waals surface area contributed by atoms with Gasteiger partial charge in [0.1, 0.15) is 0 Å². The second kappa shape index (κ2) is 5.26. The molecule has 2 amide bonds. The van der Waals surface area contributed by atoms with Gasteiger partial charge in [-0.3, -0.25) is 14.3 Å². The lowest BCUT2D eigenvalue weighted by Gasteiger charge is -2.15. The fourth-order valence-electron chi connectivity index (χ4n) is 4.38. The van der Waals surface area contributed by atoms with Gasteiger partial charge in [0.05, 0.1) is 30.6 Å². The number of rotatable bonds is 3. The van der Waals surface area contributed by atoms with Crippen molar-refractivity contribution in [1.82, 2.24) is 9.78 Å². The highest BCUT2D eigenvalue weighted by Gasteiger charge is 2.63. The van der Waals surface area contributed by atoms with Crippen molar-refractivity contribution in [2.45, 2.75) is 38.5 Å². The van der Waals surface area contributed by atoms with E-state index >= 15 is 0 Å². The normalized spacial score (nSPS) is 30.4. The van der Waals surface area contributed by atoms with Crippen LogP contribution < -0.4 is 4.90 Å². The average Bonchev–Trinajstić information content (AvgIpc) is 3.35. The van der Waals surface area contributed by atoms with Crippen LogP contribution in [0.15, 0.2) is 36.5 Å². The molecule has 0 spiro atoms. The maximum absolute atomic E-state index is 12.8. The number of nitrogens with zero attached hydrogens (tertiary/aromatic N) is 3. The summed E-state index contributed by atoms with van der Waals surface area (Å²) in [6, 6.07) is 9.98. The Labute approximate surface area is 145 Å². The minimum absolute atomic E-state index is 0.0916. The van der Waals surface area contributed by atoms with Gasteiger partial charge in [0.2, 0.25) is 11.8 Å². The zero-order valence-corrected chi connectivity index (χ0v) is 14.0. The largest absolute Gasteiger partial charge is 0.373 e. The predicted octanol–water partition coefficient (Wildman–Crippen LogP) is 1.91. The van der Waals surface area contributed by atoms with Crippen molar-refractivity contribution in [2.75, 3.05) is 4.90 Å². The van der Waals surface area contributed by atoms with Crippen LogP contribution in [-0.4, -0.2) is 33.8 Å². The highest BCUT2D eigenvalue weighted by molar-refractivity contribution is 6.22. The molecule has 3 aliphatic heterocycles. The van der Waals surface area contributed by atoms with E-state index in [0.717, 1.165) is 18.4 Å². The van der Waals surface area contributed by atoms with Crippen LogP contribution in [0.5, 0.6) is 0 Å². The Morgan fingerprint density at radius 1 is 1.04 bits per heavy atom. The summed E-state index contributed by atoms with van der Waals surface area (Å²) in [5, 5.41) is 4.47. The molecule has 0 unspecified atom stereocenters. The number of benzene rings is 1. The molecule has 5 rings (SSSR count). The molecule has 4 heterocycles. The molecule has 0 N–H and O–H groups in total. The number of fused-ring (bicyclic) bond motifs is 5. The maximum atomic E-state index is 12.8. The van der Waals surface area contributed by atoms with Gasteiger partial charge in [0.15, 0.2) is 5.82 Å². The van der Waals surface area contributed by atoms with E-state index in [1.807, 2.05) is 13.1 Å². The maximum Gasteiger partial charge on any atom is 0.241 e. The Morgan fingerprint density at radius 3 is 2.32 bits per heavy atom. The van der Waals surface area contributed by atoms with Gasteiger partial charge in [-0.15, -0.1) is 0 Å². The molecule has 1 aromatic heterocycles. The van der Waals surface area contributed by atoms with E-state index in [1.54, 1.807) is 10.7 Å². The summed E-state index contributed by atoms with van der Waals surface area (Å²) in [5.74, 6) is -0.497. The molecule has 2 aromatic rings. The third-order valence-electron chi connectivity index (χ3n) is 5.61. The van der Waals surface area contributed by atoms with Gasteiger partial charge in [-0.05, 0) is 25.3 Å². The molecular weight excluding hydrogens is 318 g/mol. The number of imide groups is 1. The first kappa shape index (κ1) is 14.8. The van der Waals surface area contributed by atoms with Gasteiger partial charge < -0.3 is 4.74 Å². The molecule has 3 saturated heterocycles. The molecule has 4 atom stereocenters. The first-order chi connectivity index (χ1) is 12.1. The smallest absolute Gasteiger partial charge is 0.241 e. The molecule has 2 bridgehead atoms. The molecule has 3 fully saturated rings.